The zero-order chi connectivity index (χ0) is 13.7. The van der Waals surface area contributed by atoms with Gasteiger partial charge in [-0.15, -0.1) is 0 Å². The Morgan fingerprint density at radius 2 is 2.06 bits per heavy atom. The average Bonchev–Trinajstić information content (AvgIpc) is 2.29. The maximum Gasteiger partial charge on any atom is 0.303 e. The highest BCUT2D eigenvalue weighted by molar-refractivity contribution is 5.66. The fraction of sp³-hybridized carbons (Fsp3) is 0.533. The standard InChI is InChI=1S/C15H22O3/c1-10(2)12-9-8-11(3)13(15(12)18-4)6-5-7-14(16)17/h8-10H,5-7H2,1-4H3,(H,16,17). The van der Waals surface area contributed by atoms with Gasteiger partial charge in [-0.3, -0.25) is 4.79 Å². The Morgan fingerprint density at radius 1 is 1.39 bits per heavy atom. The smallest absolute Gasteiger partial charge is 0.303 e. The van der Waals surface area contributed by atoms with Crippen molar-refractivity contribution < 1.29 is 14.6 Å². The SMILES string of the molecule is COc1c(C(C)C)ccc(C)c1CCCC(=O)O. The summed E-state index contributed by atoms with van der Waals surface area (Å²) in [4.78, 5) is 10.6. The Labute approximate surface area is 109 Å². The van der Waals surface area contributed by atoms with Crippen LogP contribution in [0, 0.1) is 6.92 Å². The van der Waals surface area contributed by atoms with Crippen LogP contribution in [0.4, 0.5) is 0 Å². The third-order valence-corrected chi connectivity index (χ3v) is 3.17. The van der Waals surface area contributed by atoms with Gasteiger partial charge >= 0.3 is 5.97 Å². The third-order valence-electron chi connectivity index (χ3n) is 3.17. The lowest BCUT2D eigenvalue weighted by Crippen LogP contribution is -2.03. The van der Waals surface area contributed by atoms with Crippen LogP contribution in [-0.4, -0.2) is 18.2 Å². The van der Waals surface area contributed by atoms with Gasteiger partial charge in [-0.1, -0.05) is 26.0 Å². The number of carboxylic acid groups (broad SMARTS) is 1. The quantitative estimate of drug-likeness (QED) is 0.840. The molecule has 0 aromatic heterocycles. The number of ether oxygens (including phenoxy) is 1. The van der Waals surface area contributed by atoms with Gasteiger partial charge in [-0.25, -0.2) is 0 Å². The molecule has 1 aromatic carbocycles. The molecule has 1 N–H and O–H groups in total. The number of rotatable bonds is 6. The van der Waals surface area contributed by atoms with Crippen LogP contribution in [0.25, 0.3) is 0 Å². The maximum atomic E-state index is 10.6. The van der Waals surface area contributed by atoms with Crippen LogP contribution in [0.1, 0.15) is 49.3 Å². The topological polar surface area (TPSA) is 46.5 Å². The number of aliphatic carboxylic acids is 1. The molecule has 0 atom stereocenters. The zero-order valence-corrected chi connectivity index (χ0v) is 11.6. The number of carboxylic acids is 1. The Bertz CT molecular complexity index is 422. The number of benzene rings is 1. The Balaban J connectivity index is 3.00. The summed E-state index contributed by atoms with van der Waals surface area (Å²) in [6, 6.07) is 4.19. The summed E-state index contributed by atoms with van der Waals surface area (Å²) in [6.45, 7) is 6.31. The fourth-order valence-corrected chi connectivity index (χ4v) is 2.17. The van der Waals surface area contributed by atoms with Crippen molar-refractivity contribution in [2.24, 2.45) is 0 Å². The molecular formula is C15H22O3. The van der Waals surface area contributed by atoms with Crippen molar-refractivity contribution >= 4 is 5.97 Å². The van der Waals surface area contributed by atoms with E-state index in [0.29, 0.717) is 12.3 Å². The van der Waals surface area contributed by atoms with Gasteiger partial charge in [0.1, 0.15) is 5.75 Å². The number of hydrogen-bond donors (Lipinski definition) is 1. The average molecular weight is 250 g/mol. The van der Waals surface area contributed by atoms with Crippen molar-refractivity contribution in [1.82, 2.24) is 0 Å². The molecule has 1 rings (SSSR count). The van der Waals surface area contributed by atoms with E-state index in [1.54, 1.807) is 7.11 Å². The summed E-state index contributed by atoms with van der Waals surface area (Å²) in [7, 11) is 1.68. The van der Waals surface area contributed by atoms with Crippen molar-refractivity contribution in [3.05, 3.63) is 28.8 Å². The molecule has 0 saturated heterocycles. The number of aryl methyl sites for hydroxylation is 1. The highest BCUT2D eigenvalue weighted by Crippen LogP contribution is 2.33. The van der Waals surface area contributed by atoms with Gasteiger partial charge in [0.15, 0.2) is 0 Å². The molecule has 0 saturated carbocycles. The van der Waals surface area contributed by atoms with Crippen molar-refractivity contribution in [3.63, 3.8) is 0 Å². The van der Waals surface area contributed by atoms with Crippen molar-refractivity contribution in [3.8, 4) is 5.75 Å². The van der Waals surface area contributed by atoms with E-state index in [4.69, 9.17) is 9.84 Å². The zero-order valence-electron chi connectivity index (χ0n) is 11.6. The van der Waals surface area contributed by atoms with Crippen LogP contribution in [0.15, 0.2) is 12.1 Å². The Kier molecular flexibility index (Phi) is 5.20. The Morgan fingerprint density at radius 3 is 2.56 bits per heavy atom. The molecule has 3 heteroatoms. The molecule has 0 radical (unpaired) electrons. The summed E-state index contributed by atoms with van der Waals surface area (Å²) < 4.78 is 5.53. The molecule has 0 aliphatic heterocycles. The largest absolute Gasteiger partial charge is 0.496 e. The van der Waals surface area contributed by atoms with Gasteiger partial charge < -0.3 is 9.84 Å². The minimum absolute atomic E-state index is 0.203. The molecule has 0 unspecified atom stereocenters. The molecule has 0 bridgehead atoms. The first-order chi connectivity index (χ1) is 8.47. The first-order valence-corrected chi connectivity index (χ1v) is 6.35. The normalized spacial score (nSPS) is 10.7. The van der Waals surface area contributed by atoms with Crippen molar-refractivity contribution in [2.45, 2.75) is 46.0 Å². The number of methoxy groups -OCH3 is 1. The van der Waals surface area contributed by atoms with Gasteiger partial charge in [0, 0.05) is 6.42 Å². The van der Waals surface area contributed by atoms with Gasteiger partial charge in [0.05, 0.1) is 7.11 Å². The second-order valence-corrected chi connectivity index (χ2v) is 4.89. The van der Waals surface area contributed by atoms with Crippen molar-refractivity contribution in [2.75, 3.05) is 7.11 Å². The third kappa shape index (κ3) is 3.49. The van der Waals surface area contributed by atoms with Gasteiger partial charge in [-0.05, 0) is 42.4 Å². The predicted octanol–water partition coefficient (Wildman–Crippen LogP) is 3.53. The Hall–Kier alpha value is -1.51. The minimum atomic E-state index is -0.744. The first-order valence-electron chi connectivity index (χ1n) is 6.35. The lowest BCUT2D eigenvalue weighted by Gasteiger charge is -2.18. The summed E-state index contributed by atoms with van der Waals surface area (Å²) >= 11 is 0. The second-order valence-electron chi connectivity index (χ2n) is 4.89. The van der Waals surface area contributed by atoms with E-state index in [2.05, 4.69) is 26.0 Å². The molecule has 3 nitrogen and oxygen atoms in total. The van der Waals surface area contributed by atoms with E-state index in [-0.39, 0.29) is 6.42 Å². The first kappa shape index (κ1) is 14.6. The number of carbonyl (C=O) groups is 1. The molecule has 0 heterocycles. The summed E-state index contributed by atoms with van der Waals surface area (Å²) in [5.41, 5.74) is 3.50. The van der Waals surface area contributed by atoms with Gasteiger partial charge in [0.25, 0.3) is 0 Å². The van der Waals surface area contributed by atoms with E-state index in [9.17, 15) is 4.79 Å². The van der Waals surface area contributed by atoms with Crippen LogP contribution in [-0.2, 0) is 11.2 Å². The molecule has 0 fully saturated rings. The van der Waals surface area contributed by atoms with Crippen LogP contribution < -0.4 is 4.74 Å². The molecule has 0 aliphatic carbocycles. The van der Waals surface area contributed by atoms with E-state index in [1.165, 1.54) is 11.1 Å². The van der Waals surface area contributed by atoms with E-state index >= 15 is 0 Å². The summed E-state index contributed by atoms with van der Waals surface area (Å²) in [5.74, 6) is 0.584. The van der Waals surface area contributed by atoms with Crippen LogP contribution in [0.3, 0.4) is 0 Å². The summed E-state index contributed by atoms with van der Waals surface area (Å²) in [5, 5.41) is 8.70. The lowest BCUT2D eigenvalue weighted by atomic mass is 9.93. The van der Waals surface area contributed by atoms with Gasteiger partial charge in [0.2, 0.25) is 0 Å². The maximum absolute atomic E-state index is 10.6. The summed E-state index contributed by atoms with van der Waals surface area (Å²) in [6.07, 6.45) is 1.60. The molecule has 0 aliphatic rings. The molecule has 1 aromatic rings. The minimum Gasteiger partial charge on any atom is -0.496 e. The van der Waals surface area contributed by atoms with E-state index < -0.39 is 5.97 Å². The molecule has 100 valence electrons. The predicted molar refractivity (Wildman–Crippen MR) is 72.4 cm³/mol. The molecular weight excluding hydrogens is 228 g/mol. The monoisotopic (exact) mass is 250 g/mol. The van der Waals surface area contributed by atoms with Crippen LogP contribution in [0.2, 0.25) is 0 Å². The molecule has 0 amide bonds. The lowest BCUT2D eigenvalue weighted by molar-refractivity contribution is -0.137. The fourth-order valence-electron chi connectivity index (χ4n) is 2.17. The van der Waals surface area contributed by atoms with Gasteiger partial charge in [-0.2, -0.15) is 0 Å². The highest BCUT2D eigenvalue weighted by atomic mass is 16.5. The van der Waals surface area contributed by atoms with E-state index in [0.717, 1.165) is 17.7 Å². The molecule has 18 heavy (non-hydrogen) atoms. The second kappa shape index (κ2) is 6.43. The molecule has 0 spiro atoms. The van der Waals surface area contributed by atoms with E-state index in [1.807, 2.05) is 6.92 Å². The van der Waals surface area contributed by atoms with Crippen LogP contribution >= 0.6 is 0 Å². The van der Waals surface area contributed by atoms with Crippen molar-refractivity contribution in [1.29, 1.82) is 0 Å². The number of hydrogen-bond acceptors (Lipinski definition) is 2. The van der Waals surface area contributed by atoms with Crippen LogP contribution in [0.5, 0.6) is 5.75 Å². The highest BCUT2D eigenvalue weighted by Gasteiger charge is 2.14.